The summed E-state index contributed by atoms with van der Waals surface area (Å²) in [5.74, 6) is -0.358. The number of benzene rings is 1. The summed E-state index contributed by atoms with van der Waals surface area (Å²) >= 11 is 6.30. The Kier molecular flexibility index (Phi) is 3.84. The molecule has 2 nitrogen and oxygen atoms in total. The van der Waals surface area contributed by atoms with E-state index in [1.165, 1.54) is 19.3 Å². The van der Waals surface area contributed by atoms with Crippen molar-refractivity contribution >= 4 is 23.1 Å². The van der Waals surface area contributed by atoms with Gasteiger partial charge in [-0.25, -0.2) is 4.79 Å². The Balaban J connectivity index is 2.12. The van der Waals surface area contributed by atoms with E-state index in [-0.39, 0.29) is 0 Å². The minimum Gasteiger partial charge on any atom is -0.478 e. The zero-order valence-electron chi connectivity index (χ0n) is 11.5. The van der Waals surface area contributed by atoms with Gasteiger partial charge in [0.2, 0.25) is 0 Å². The maximum atomic E-state index is 11.6. The lowest BCUT2D eigenvalue weighted by Gasteiger charge is -2.31. The number of carboxylic acids is 1. The first-order chi connectivity index (χ1) is 9.68. The number of carboxylic acid groups (broad SMARTS) is 1. The molecule has 0 aliphatic heterocycles. The van der Waals surface area contributed by atoms with E-state index >= 15 is 0 Å². The van der Waals surface area contributed by atoms with Crippen LogP contribution in [0.5, 0.6) is 0 Å². The summed E-state index contributed by atoms with van der Waals surface area (Å²) < 4.78 is 0. The number of fused-ring (bicyclic) bond motifs is 1. The van der Waals surface area contributed by atoms with Crippen molar-refractivity contribution < 1.29 is 9.90 Å². The molecular weight excluding hydrogens is 272 g/mol. The molecule has 2 aliphatic carbocycles. The van der Waals surface area contributed by atoms with Gasteiger partial charge in [-0.2, -0.15) is 0 Å². The summed E-state index contributed by atoms with van der Waals surface area (Å²) in [6.07, 6.45) is 7.25. The molecule has 0 spiro atoms. The molecule has 0 atom stereocenters. The molecule has 1 N–H and O–H groups in total. The van der Waals surface area contributed by atoms with Gasteiger partial charge < -0.3 is 5.11 Å². The van der Waals surface area contributed by atoms with Crippen molar-refractivity contribution in [3.8, 4) is 0 Å². The van der Waals surface area contributed by atoms with E-state index in [0.717, 1.165) is 41.0 Å². The van der Waals surface area contributed by atoms with Gasteiger partial charge in [0, 0.05) is 10.6 Å². The molecule has 3 heteroatoms. The van der Waals surface area contributed by atoms with Gasteiger partial charge in [0.05, 0.1) is 0 Å². The number of aliphatic carboxylic acids is 1. The summed E-state index contributed by atoms with van der Waals surface area (Å²) in [7, 11) is 0. The van der Waals surface area contributed by atoms with Crippen molar-refractivity contribution in [2.75, 3.05) is 0 Å². The molecular formula is C17H19ClO2. The quantitative estimate of drug-likeness (QED) is 0.857. The number of halogens is 1. The first kappa shape index (κ1) is 13.7. The SMILES string of the molecule is O=C(O)C1=C(C2CCCCC2)c2cccc(Cl)c2CC1. The minimum absolute atomic E-state index is 0.396. The Labute approximate surface area is 124 Å². The zero-order chi connectivity index (χ0) is 14.1. The van der Waals surface area contributed by atoms with E-state index in [4.69, 9.17) is 11.6 Å². The van der Waals surface area contributed by atoms with Crippen LogP contribution in [0.2, 0.25) is 5.02 Å². The van der Waals surface area contributed by atoms with Crippen LogP contribution in [0.3, 0.4) is 0 Å². The third kappa shape index (κ3) is 2.37. The third-order valence-corrected chi connectivity index (χ3v) is 4.98. The van der Waals surface area contributed by atoms with Crippen LogP contribution in [0, 0.1) is 5.92 Å². The second-order valence-electron chi connectivity index (χ2n) is 5.80. The molecule has 1 saturated carbocycles. The van der Waals surface area contributed by atoms with Crippen LogP contribution in [0.25, 0.3) is 5.57 Å². The van der Waals surface area contributed by atoms with Gasteiger partial charge in [-0.05, 0) is 54.4 Å². The summed E-state index contributed by atoms with van der Waals surface area (Å²) in [4.78, 5) is 11.6. The van der Waals surface area contributed by atoms with E-state index in [1.54, 1.807) is 0 Å². The van der Waals surface area contributed by atoms with Crippen LogP contribution >= 0.6 is 11.6 Å². The lowest BCUT2D eigenvalue weighted by atomic mass is 9.74. The number of allylic oxidation sites excluding steroid dienone is 1. The molecule has 0 heterocycles. The summed E-state index contributed by atoms with van der Waals surface area (Å²) in [6.45, 7) is 0. The molecule has 3 rings (SSSR count). The first-order valence-electron chi connectivity index (χ1n) is 7.42. The Morgan fingerprint density at radius 2 is 1.90 bits per heavy atom. The zero-order valence-corrected chi connectivity index (χ0v) is 12.2. The van der Waals surface area contributed by atoms with Crippen LogP contribution in [0.1, 0.15) is 49.7 Å². The van der Waals surface area contributed by atoms with Crippen LogP contribution < -0.4 is 0 Å². The second kappa shape index (κ2) is 5.61. The molecule has 1 aromatic rings. The monoisotopic (exact) mass is 290 g/mol. The van der Waals surface area contributed by atoms with Crippen LogP contribution in [-0.2, 0) is 11.2 Å². The Morgan fingerprint density at radius 1 is 1.15 bits per heavy atom. The van der Waals surface area contributed by atoms with Crippen LogP contribution in [0.4, 0.5) is 0 Å². The molecule has 0 bridgehead atoms. The van der Waals surface area contributed by atoms with Gasteiger partial charge in [-0.1, -0.05) is 43.0 Å². The average Bonchev–Trinajstić information content (AvgIpc) is 2.47. The second-order valence-corrected chi connectivity index (χ2v) is 6.21. The van der Waals surface area contributed by atoms with Gasteiger partial charge in [0.1, 0.15) is 0 Å². The summed E-state index contributed by atoms with van der Waals surface area (Å²) in [5.41, 5.74) is 3.92. The average molecular weight is 291 g/mol. The van der Waals surface area contributed by atoms with Crippen molar-refractivity contribution in [2.45, 2.75) is 44.9 Å². The maximum absolute atomic E-state index is 11.6. The molecule has 1 fully saturated rings. The molecule has 1 aromatic carbocycles. The lowest BCUT2D eigenvalue weighted by Crippen LogP contribution is -2.19. The standard InChI is InChI=1S/C17H19ClO2/c18-15-8-4-7-13-12(15)9-10-14(17(19)20)16(13)11-5-2-1-3-6-11/h4,7-8,11H,1-3,5-6,9-10H2,(H,19,20). The van der Waals surface area contributed by atoms with Crippen molar-refractivity contribution in [3.05, 3.63) is 39.9 Å². The molecule has 0 amide bonds. The molecule has 0 aromatic heterocycles. The topological polar surface area (TPSA) is 37.3 Å². The van der Waals surface area contributed by atoms with Crippen LogP contribution in [0.15, 0.2) is 23.8 Å². The summed E-state index contributed by atoms with van der Waals surface area (Å²) in [5, 5.41) is 10.3. The van der Waals surface area contributed by atoms with Gasteiger partial charge in [-0.15, -0.1) is 0 Å². The van der Waals surface area contributed by atoms with Gasteiger partial charge in [0.15, 0.2) is 0 Å². The van der Waals surface area contributed by atoms with Crippen molar-refractivity contribution in [1.29, 1.82) is 0 Å². The van der Waals surface area contributed by atoms with E-state index in [2.05, 4.69) is 0 Å². The van der Waals surface area contributed by atoms with Crippen molar-refractivity contribution in [2.24, 2.45) is 5.92 Å². The van der Waals surface area contributed by atoms with Gasteiger partial charge in [-0.3, -0.25) is 0 Å². The minimum atomic E-state index is -0.754. The van der Waals surface area contributed by atoms with E-state index < -0.39 is 5.97 Å². The predicted molar refractivity (Wildman–Crippen MR) is 80.9 cm³/mol. The molecule has 20 heavy (non-hydrogen) atoms. The first-order valence-corrected chi connectivity index (χ1v) is 7.80. The highest BCUT2D eigenvalue weighted by Gasteiger charge is 2.30. The highest BCUT2D eigenvalue weighted by Crippen LogP contribution is 2.43. The lowest BCUT2D eigenvalue weighted by molar-refractivity contribution is -0.132. The third-order valence-electron chi connectivity index (χ3n) is 4.63. The number of carbonyl (C=O) groups is 1. The Hall–Kier alpha value is -1.28. The van der Waals surface area contributed by atoms with Gasteiger partial charge in [0.25, 0.3) is 0 Å². The Morgan fingerprint density at radius 3 is 2.60 bits per heavy atom. The van der Waals surface area contributed by atoms with E-state index in [1.807, 2.05) is 18.2 Å². The molecule has 2 aliphatic rings. The van der Waals surface area contributed by atoms with Crippen LogP contribution in [-0.4, -0.2) is 11.1 Å². The molecule has 0 radical (unpaired) electrons. The highest BCUT2D eigenvalue weighted by atomic mass is 35.5. The highest BCUT2D eigenvalue weighted by molar-refractivity contribution is 6.31. The number of rotatable bonds is 2. The smallest absolute Gasteiger partial charge is 0.331 e. The fraction of sp³-hybridized carbons (Fsp3) is 0.471. The predicted octanol–water partition coefficient (Wildman–Crippen LogP) is 4.70. The van der Waals surface area contributed by atoms with E-state index in [0.29, 0.717) is 17.9 Å². The van der Waals surface area contributed by atoms with Crippen molar-refractivity contribution in [3.63, 3.8) is 0 Å². The summed E-state index contributed by atoms with van der Waals surface area (Å²) in [6, 6.07) is 5.90. The maximum Gasteiger partial charge on any atom is 0.331 e. The fourth-order valence-corrected chi connectivity index (χ4v) is 3.96. The van der Waals surface area contributed by atoms with Gasteiger partial charge >= 0.3 is 5.97 Å². The van der Waals surface area contributed by atoms with E-state index in [9.17, 15) is 9.90 Å². The molecule has 0 unspecified atom stereocenters. The molecule has 0 saturated heterocycles. The largest absolute Gasteiger partial charge is 0.478 e. The normalized spacial score (nSPS) is 19.9. The number of hydrogen-bond donors (Lipinski definition) is 1. The molecule has 106 valence electrons. The Bertz CT molecular complexity index is 568. The van der Waals surface area contributed by atoms with Crippen molar-refractivity contribution in [1.82, 2.24) is 0 Å². The fourth-order valence-electron chi connectivity index (χ4n) is 3.69. The number of hydrogen-bond acceptors (Lipinski definition) is 1.